The summed E-state index contributed by atoms with van der Waals surface area (Å²) in [5, 5.41) is 6.61. The average molecular weight is 806 g/mol. The van der Waals surface area contributed by atoms with Crippen molar-refractivity contribution < 1.29 is 4.42 Å². The van der Waals surface area contributed by atoms with E-state index >= 15 is 0 Å². The van der Waals surface area contributed by atoms with Gasteiger partial charge in [-0.15, -0.1) is 0 Å². The summed E-state index contributed by atoms with van der Waals surface area (Å²) < 4.78 is 11.4. The molecule has 0 radical (unpaired) electrons. The highest BCUT2D eigenvalue weighted by molar-refractivity contribution is 6.24. The molecule has 0 aliphatic heterocycles. The second-order valence-electron chi connectivity index (χ2n) is 16.0. The fourth-order valence-electron chi connectivity index (χ4n) is 9.59. The Labute approximate surface area is 361 Å². The second kappa shape index (κ2) is 14.0. The third kappa shape index (κ3) is 5.48. The number of furan rings is 1. The highest BCUT2D eigenvalue weighted by Crippen LogP contribution is 2.43. The molecule has 0 saturated carbocycles. The van der Waals surface area contributed by atoms with Crippen LogP contribution in [-0.2, 0) is 0 Å². The molecule has 6 nitrogen and oxygen atoms in total. The fraction of sp³-hybridized carbons (Fsp3) is 0. The van der Waals surface area contributed by atoms with E-state index in [0.717, 1.165) is 88.1 Å². The quantitative estimate of drug-likeness (QED) is 0.168. The van der Waals surface area contributed by atoms with Crippen LogP contribution in [-0.4, -0.2) is 24.1 Å². The summed E-state index contributed by atoms with van der Waals surface area (Å²) in [6.07, 6.45) is 0. The summed E-state index contributed by atoms with van der Waals surface area (Å²) >= 11 is 0. The lowest BCUT2D eigenvalue weighted by Gasteiger charge is -2.14. The molecule has 4 heterocycles. The molecule has 0 saturated heterocycles. The van der Waals surface area contributed by atoms with Gasteiger partial charge < -0.3 is 8.98 Å². The largest absolute Gasteiger partial charge is 0.455 e. The molecule has 6 heteroatoms. The van der Waals surface area contributed by atoms with Gasteiger partial charge in [-0.05, 0) is 58.7 Å². The first-order valence-electron chi connectivity index (χ1n) is 21.2. The Bertz CT molecular complexity index is 3890. The highest BCUT2D eigenvalue weighted by Gasteiger charge is 2.25. The number of aromatic nitrogens is 5. The Morgan fingerprint density at radius 3 is 1.56 bits per heavy atom. The van der Waals surface area contributed by atoms with Crippen LogP contribution in [0, 0.1) is 0 Å². The summed E-state index contributed by atoms with van der Waals surface area (Å²) in [7, 11) is 0. The van der Waals surface area contributed by atoms with E-state index in [1.54, 1.807) is 0 Å². The van der Waals surface area contributed by atoms with Crippen LogP contribution in [0.1, 0.15) is 0 Å². The molecule has 0 atom stereocenters. The van der Waals surface area contributed by atoms with Crippen molar-refractivity contribution in [1.82, 2.24) is 24.1 Å². The molecule has 0 bridgehead atoms. The molecule has 9 aromatic carbocycles. The van der Waals surface area contributed by atoms with Gasteiger partial charge in [0, 0.05) is 43.6 Å². The van der Waals surface area contributed by atoms with E-state index < -0.39 is 0 Å². The molecule has 0 N–H and O–H groups in total. The Morgan fingerprint density at radius 1 is 0.333 bits per heavy atom. The van der Waals surface area contributed by atoms with E-state index in [-0.39, 0.29) is 0 Å². The summed E-state index contributed by atoms with van der Waals surface area (Å²) in [6.45, 7) is 0. The minimum absolute atomic E-state index is 0.520. The molecular weight excluding hydrogens is 771 g/mol. The standard InChI is InChI=1S/C57H35N5O/c1-4-16-36(17-5-1)37-30-32-40(33-31-37)61-48-27-12-10-22-42(48)44-34-35-45-43-23-11-13-28-49(43)62(53(45)52(44)61)57-59-55(39-20-8-3-9-21-39)58-56(60-57)47-26-14-25-46-51-41(38-18-6-2-7-19-38)24-15-29-50(51)63-54(46)47/h1-35H. The van der Waals surface area contributed by atoms with Gasteiger partial charge in [-0.1, -0.05) is 176 Å². The van der Waals surface area contributed by atoms with Gasteiger partial charge in [0.15, 0.2) is 11.6 Å². The van der Waals surface area contributed by atoms with Crippen LogP contribution >= 0.6 is 0 Å². The topological polar surface area (TPSA) is 61.7 Å². The van der Waals surface area contributed by atoms with E-state index in [0.29, 0.717) is 17.6 Å². The maximum Gasteiger partial charge on any atom is 0.238 e. The molecule has 4 aromatic heterocycles. The molecule has 0 unspecified atom stereocenters. The lowest BCUT2D eigenvalue weighted by Crippen LogP contribution is -2.07. The zero-order valence-electron chi connectivity index (χ0n) is 33.9. The van der Waals surface area contributed by atoms with Crippen LogP contribution in [0.5, 0.6) is 0 Å². The number of hydrogen-bond donors (Lipinski definition) is 0. The third-order valence-corrected chi connectivity index (χ3v) is 12.4. The third-order valence-electron chi connectivity index (χ3n) is 12.4. The summed E-state index contributed by atoms with van der Waals surface area (Å²) in [5.74, 6) is 1.62. The molecule has 63 heavy (non-hydrogen) atoms. The van der Waals surface area contributed by atoms with E-state index in [1.807, 2.05) is 30.3 Å². The Balaban J connectivity index is 1.11. The van der Waals surface area contributed by atoms with Gasteiger partial charge in [0.2, 0.25) is 5.95 Å². The van der Waals surface area contributed by atoms with Gasteiger partial charge in [-0.25, -0.2) is 4.98 Å². The van der Waals surface area contributed by atoms with E-state index in [2.05, 4.69) is 191 Å². The van der Waals surface area contributed by atoms with Crippen LogP contribution in [0.25, 0.3) is 122 Å². The molecule has 0 aliphatic carbocycles. The average Bonchev–Trinajstić information content (AvgIpc) is 4.03. The van der Waals surface area contributed by atoms with Crippen LogP contribution in [0.3, 0.4) is 0 Å². The predicted octanol–water partition coefficient (Wildman–Crippen LogP) is 14.6. The number of benzene rings is 9. The lowest BCUT2D eigenvalue weighted by molar-refractivity contribution is 0.669. The molecule has 0 spiro atoms. The van der Waals surface area contributed by atoms with Crippen molar-refractivity contribution in [3.8, 4) is 56.7 Å². The zero-order chi connectivity index (χ0) is 41.4. The molecule has 13 aromatic rings. The number of rotatable bonds is 6. The predicted molar refractivity (Wildman–Crippen MR) is 258 cm³/mol. The Kier molecular flexibility index (Phi) is 7.80. The number of fused-ring (bicyclic) bond motifs is 10. The maximum absolute atomic E-state index is 6.80. The van der Waals surface area contributed by atoms with E-state index in [9.17, 15) is 0 Å². The molecule has 0 aliphatic rings. The smallest absolute Gasteiger partial charge is 0.238 e. The van der Waals surface area contributed by atoms with Crippen molar-refractivity contribution in [3.05, 3.63) is 212 Å². The number of para-hydroxylation sites is 3. The van der Waals surface area contributed by atoms with Crippen LogP contribution in [0.2, 0.25) is 0 Å². The lowest BCUT2D eigenvalue weighted by atomic mass is 9.99. The van der Waals surface area contributed by atoms with Crippen molar-refractivity contribution in [2.24, 2.45) is 0 Å². The minimum Gasteiger partial charge on any atom is -0.455 e. The zero-order valence-corrected chi connectivity index (χ0v) is 33.9. The molecule has 13 rings (SSSR count). The first-order valence-corrected chi connectivity index (χ1v) is 21.2. The van der Waals surface area contributed by atoms with Gasteiger partial charge in [0.25, 0.3) is 0 Å². The van der Waals surface area contributed by atoms with Gasteiger partial charge in [0.1, 0.15) is 11.2 Å². The van der Waals surface area contributed by atoms with Gasteiger partial charge in [-0.3, -0.25) is 4.57 Å². The summed E-state index contributed by atoms with van der Waals surface area (Å²) in [5.41, 5.74) is 13.1. The van der Waals surface area contributed by atoms with E-state index in [4.69, 9.17) is 19.4 Å². The number of nitrogens with zero attached hydrogens (tertiary/aromatic N) is 5. The van der Waals surface area contributed by atoms with E-state index in [1.165, 1.54) is 16.5 Å². The summed E-state index contributed by atoms with van der Waals surface area (Å²) in [6, 6.07) is 74.3. The summed E-state index contributed by atoms with van der Waals surface area (Å²) in [4.78, 5) is 16.0. The van der Waals surface area contributed by atoms with Crippen molar-refractivity contribution in [3.63, 3.8) is 0 Å². The highest BCUT2D eigenvalue weighted by atomic mass is 16.3. The molecule has 294 valence electrons. The normalized spacial score (nSPS) is 11.8. The van der Waals surface area contributed by atoms with Crippen molar-refractivity contribution in [2.45, 2.75) is 0 Å². The molecular formula is C57H35N5O. The molecule has 0 fully saturated rings. The Hall–Kier alpha value is -8.61. The SMILES string of the molecule is c1ccc(-c2ccc(-n3c4ccccc4c4ccc5c6ccccc6n(-c6nc(-c7ccccc7)nc(-c7cccc8c7oc7cccc(-c9ccccc9)c78)n6)c5c43)cc2)cc1. The van der Waals surface area contributed by atoms with Gasteiger partial charge >= 0.3 is 0 Å². The van der Waals surface area contributed by atoms with Gasteiger partial charge in [0.05, 0.1) is 27.6 Å². The monoisotopic (exact) mass is 805 g/mol. The first kappa shape index (κ1) is 35.2. The fourth-order valence-corrected chi connectivity index (χ4v) is 9.59. The Morgan fingerprint density at radius 2 is 0.857 bits per heavy atom. The number of hydrogen-bond acceptors (Lipinski definition) is 4. The van der Waals surface area contributed by atoms with Crippen LogP contribution < -0.4 is 0 Å². The first-order chi connectivity index (χ1) is 31.3. The van der Waals surface area contributed by atoms with Crippen LogP contribution in [0.15, 0.2) is 217 Å². The van der Waals surface area contributed by atoms with Crippen molar-refractivity contribution in [1.29, 1.82) is 0 Å². The van der Waals surface area contributed by atoms with Gasteiger partial charge in [-0.2, -0.15) is 9.97 Å². The van der Waals surface area contributed by atoms with Crippen LogP contribution in [0.4, 0.5) is 0 Å². The second-order valence-corrected chi connectivity index (χ2v) is 16.0. The minimum atomic E-state index is 0.520. The maximum atomic E-state index is 6.80. The van der Waals surface area contributed by atoms with Crippen molar-refractivity contribution >= 4 is 65.6 Å². The van der Waals surface area contributed by atoms with Crippen molar-refractivity contribution in [2.75, 3.05) is 0 Å². The molecule has 0 amide bonds.